The van der Waals surface area contributed by atoms with Crippen LogP contribution in [0.3, 0.4) is 0 Å². The first kappa shape index (κ1) is 14.3. The van der Waals surface area contributed by atoms with Crippen molar-refractivity contribution < 1.29 is 10.0 Å². The van der Waals surface area contributed by atoms with Gasteiger partial charge in [0.1, 0.15) is 5.71 Å². The van der Waals surface area contributed by atoms with Crippen molar-refractivity contribution >= 4 is 39.9 Å². The van der Waals surface area contributed by atoms with Gasteiger partial charge in [-0.3, -0.25) is 4.79 Å². The number of para-hydroxylation sites is 1. The number of halogens is 1. The highest BCUT2D eigenvalue weighted by atomic mass is 127. The van der Waals surface area contributed by atoms with E-state index in [1.807, 2.05) is 42.5 Å². The molecule has 0 atom stereocenters. The molecular formula is C17H12IN3O2. The SMILES string of the molecule is O=C1NC2=C(I)C=CC(=C/C1=C1/Nc3ccccc3/C1=N\O)C2. The molecule has 2 heterocycles. The van der Waals surface area contributed by atoms with E-state index in [-0.39, 0.29) is 5.91 Å². The first-order chi connectivity index (χ1) is 11.2. The minimum atomic E-state index is -0.204. The quantitative estimate of drug-likeness (QED) is 0.263. The van der Waals surface area contributed by atoms with Gasteiger partial charge in [0.25, 0.3) is 5.91 Å². The Labute approximate surface area is 146 Å². The van der Waals surface area contributed by atoms with Crippen LogP contribution in [0.1, 0.15) is 12.0 Å². The molecule has 0 unspecified atom stereocenters. The van der Waals surface area contributed by atoms with Gasteiger partial charge < -0.3 is 15.8 Å². The molecule has 0 spiro atoms. The third-order valence-corrected chi connectivity index (χ3v) is 5.01. The fourth-order valence-electron chi connectivity index (χ4n) is 2.90. The highest BCUT2D eigenvalue weighted by Gasteiger charge is 2.30. The molecule has 5 nitrogen and oxygen atoms in total. The molecule has 0 saturated heterocycles. The van der Waals surface area contributed by atoms with Gasteiger partial charge in [-0.05, 0) is 46.4 Å². The second-order valence-corrected chi connectivity index (χ2v) is 6.58. The molecule has 1 aliphatic carbocycles. The topological polar surface area (TPSA) is 73.7 Å². The molecule has 0 fully saturated rings. The highest BCUT2D eigenvalue weighted by molar-refractivity contribution is 14.1. The van der Waals surface area contributed by atoms with Crippen molar-refractivity contribution in [2.24, 2.45) is 5.16 Å². The number of anilines is 1. The van der Waals surface area contributed by atoms with E-state index in [1.54, 1.807) is 0 Å². The summed E-state index contributed by atoms with van der Waals surface area (Å²) >= 11 is 2.21. The molecule has 4 rings (SSSR count). The summed E-state index contributed by atoms with van der Waals surface area (Å²) in [5.74, 6) is -0.204. The Morgan fingerprint density at radius 1 is 1.17 bits per heavy atom. The van der Waals surface area contributed by atoms with Crippen LogP contribution in [-0.2, 0) is 4.79 Å². The molecule has 0 saturated carbocycles. The van der Waals surface area contributed by atoms with Gasteiger partial charge in [-0.1, -0.05) is 29.4 Å². The number of carbonyl (C=O) groups is 1. The van der Waals surface area contributed by atoms with E-state index >= 15 is 0 Å². The molecule has 1 amide bonds. The summed E-state index contributed by atoms with van der Waals surface area (Å²) in [7, 11) is 0. The maximum atomic E-state index is 12.6. The van der Waals surface area contributed by atoms with E-state index in [4.69, 9.17) is 0 Å². The molecule has 0 radical (unpaired) electrons. The number of carbonyl (C=O) groups excluding carboxylic acids is 1. The maximum Gasteiger partial charge on any atom is 0.257 e. The Morgan fingerprint density at radius 2 is 2.00 bits per heavy atom. The molecule has 114 valence electrons. The summed E-state index contributed by atoms with van der Waals surface area (Å²) in [6.07, 6.45) is 6.53. The van der Waals surface area contributed by atoms with Crippen LogP contribution in [0.5, 0.6) is 0 Å². The van der Waals surface area contributed by atoms with E-state index in [9.17, 15) is 10.0 Å². The Balaban J connectivity index is 1.89. The Hall–Kier alpha value is -2.35. The fraction of sp³-hybridized carbons (Fsp3) is 0.0588. The molecule has 2 aliphatic heterocycles. The fourth-order valence-corrected chi connectivity index (χ4v) is 3.40. The van der Waals surface area contributed by atoms with Crippen LogP contribution in [0.25, 0.3) is 0 Å². The standard InChI is InChI=1S/C17H12IN3O2/c18-12-6-5-9-7-11(17(22)20-14(12)8-9)15-16(21-23)10-3-1-2-4-13(10)19-15/h1-7,19,23H,8H2,(H,20,22)/b15-11-,21-16+. The summed E-state index contributed by atoms with van der Waals surface area (Å²) < 4.78 is 1.03. The lowest BCUT2D eigenvalue weighted by Gasteiger charge is -2.12. The van der Waals surface area contributed by atoms with Crippen LogP contribution in [-0.4, -0.2) is 16.8 Å². The molecule has 3 N–H and O–H groups in total. The Bertz CT molecular complexity index is 891. The van der Waals surface area contributed by atoms with Gasteiger partial charge in [-0.15, -0.1) is 0 Å². The van der Waals surface area contributed by atoms with Crippen LogP contribution >= 0.6 is 22.6 Å². The second-order valence-electron chi connectivity index (χ2n) is 5.42. The third kappa shape index (κ3) is 2.29. The zero-order valence-corrected chi connectivity index (χ0v) is 14.1. The van der Waals surface area contributed by atoms with Gasteiger partial charge in [0.05, 0.1) is 11.3 Å². The van der Waals surface area contributed by atoms with E-state index in [0.29, 0.717) is 23.4 Å². The normalized spacial score (nSPS) is 24.1. The first-order valence-corrected chi connectivity index (χ1v) is 8.17. The van der Waals surface area contributed by atoms with E-state index in [0.717, 1.165) is 26.1 Å². The number of benzene rings is 1. The van der Waals surface area contributed by atoms with Gasteiger partial charge in [0.2, 0.25) is 0 Å². The number of allylic oxidation sites excluding steroid dienone is 5. The smallest absolute Gasteiger partial charge is 0.257 e. The Morgan fingerprint density at radius 3 is 2.83 bits per heavy atom. The predicted molar refractivity (Wildman–Crippen MR) is 96.4 cm³/mol. The van der Waals surface area contributed by atoms with Gasteiger partial charge in [0.15, 0.2) is 0 Å². The lowest BCUT2D eigenvalue weighted by molar-refractivity contribution is -0.116. The number of nitrogens with one attached hydrogen (secondary N) is 2. The zero-order chi connectivity index (χ0) is 16.0. The number of amides is 1. The van der Waals surface area contributed by atoms with Crippen LogP contribution in [0.4, 0.5) is 5.69 Å². The minimum absolute atomic E-state index is 0.204. The van der Waals surface area contributed by atoms with Crippen molar-refractivity contribution in [1.82, 2.24) is 5.32 Å². The van der Waals surface area contributed by atoms with Crippen LogP contribution in [0, 0.1) is 0 Å². The molecule has 1 aromatic rings. The lowest BCUT2D eigenvalue weighted by atomic mass is 10.0. The summed E-state index contributed by atoms with van der Waals surface area (Å²) in [6, 6.07) is 7.51. The summed E-state index contributed by atoms with van der Waals surface area (Å²) in [4.78, 5) is 12.6. The minimum Gasteiger partial charge on any atom is -0.410 e. The summed E-state index contributed by atoms with van der Waals surface area (Å²) in [5.41, 5.74) is 4.91. The molecule has 23 heavy (non-hydrogen) atoms. The lowest BCUT2D eigenvalue weighted by Crippen LogP contribution is -2.25. The van der Waals surface area contributed by atoms with Crippen LogP contribution in [0.15, 0.2) is 73.8 Å². The van der Waals surface area contributed by atoms with Crippen molar-refractivity contribution in [2.75, 3.05) is 5.32 Å². The number of oxime groups is 1. The third-order valence-electron chi connectivity index (χ3n) is 4.00. The van der Waals surface area contributed by atoms with E-state index < -0.39 is 0 Å². The predicted octanol–water partition coefficient (Wildman–Crippen LogP) is 3.21. The summed E-state index contributed by atoms with van der Waals surface area (Å²) in [6.45, 7) is 0. The monoisotopic (exact) mass is 417 g/mol. The first-order valence-electron chi connectivity index (χ1n) is 7.09. The van der Waals surface area contributed by atoms with Crippen molar-refractivity contribution in [3.05, 3.63) is 74.2 Å². The molecule has 0 aromatic heterocycles. The van der Waals surface area contributed by atoms with Crippen LogP contribution < -0.4 is 10.6 Å². The molecule has 6 heteroatoms. The molecule has 3 aliphatic rings. The molecular weight excluding hydrogens is 405 g/mol. The zero-order valence-electron chi connectivity index (χ0n) is 11.9. The van der Waals surface area contributed by atoms with Crippen molar-refractivity contribution in [1.29, 1.82) is 0 Å². The number of nitrogens with zero attached hydrogens (tertiary/aromatic N) is 1. The maximum absolute atomic E-state index is 12.6. The second kappa shape index (κ2) is 5.38. The number of rotatable bonds is 0. The number of fused-ring (bicyclic) bond motifs is 3. The van der Waals surface area contributed by atoms with Crippen LogP contribution in [0.2, 0.25) is 0 Å². The highest BCUT2D eigenvalue weighted by Crippen LogP contribution is 2.34. The number of hydrogen-bond donors (Lipinski definition) is 3. The van der Waals surface area contributed by atoms with E-state index in [2.05, 4.69) is 38.4 Å². The van der Waals surface area contributed by atoms with E-state index in [1.165, 1.54) is 0 Å². The average Bonchev–Trinajstić information content (AvgIpc) is 2.86. The number of hydrogen-bond acceptors (Lipinski definition) is 4. The molecule has 2 bridgehead atoms. The Kier molecular flexibility index (Phi) is 3.33. The van der Waals surface area contributed by atoms with Gasteiger partial charge in [0, 0.05) is 26.9 Å². The average molecular weight is 417 g/mol. The van der Waals surface area contributed by atoms with Crippen molar-refractivity contribution in [3.8, 4) is 0 Å². The van der Waals surface area contributed by atoms with Crippen molar-refractivity contribution in [2.45, 2.75) is 6.42 Å². The largest absolute Gasteiger partial charge is 0.410 e. The van der Waals surface area contributed by atoms with Gasteiger partial charge >= 0.3 is 0 Å². The summed E-state index contributed by atoms with van der Waals surface area (Å²) in [5, 5.41) is 19.0. The van der Waals surface area contributed by atoms with Gasteiger partial charge in [-0.25, -0.2) is 0 Å². The van der Waals surface area contributed by atoms with Gasteiger partial charge in [-0.2, -0.15) is 0 Å². The van der Waals surface area contributed by atoms with Crippen molar-refractivity contribution in [3.63, 3.8) is 0 Å². The molecule has 1 aromatic carbocycles.